The first kappa shape index (κ1) is 16.4. The highest BCUT2D eigenvalue weighted by atomic mass is 79.9. The van der Waals surface area contributed by atoms with Crippen LogP contribution in [0.3, 0.4) is 0 Å². The summed E-state index contributed by atoms with van der Waals surface area (Å²) in [5, 5.41) is 6.02. The molecule has 2 rings (SSSR count). The van der Waals surface area contributed by atoms with Gasteiger partial charge in [0.15, 0.2) is 0 Å². The molecule has 1 fully saturated rings. The molecule has 0 unspecified atom stereocenters. The molecule has 1 aliphatic heterocycles. The Morgan fingerprint density at radius 1 is 1.47 bits per heavy atom. The van der Waals surface area contributed by atoms with Crippen LogP contribution in [0.5, 0.6) is 0 Å². The number of rotatable bonds is 3. The lowest BCUT2D eigenvalue weighted by Gasteiger charge is -2.22. The number of hydrogen-bond donors (Lipinski definition) is 2. The van der Waals surface area contributed by atoms with Gasteiger partial charge in [-0.2, -0.15) is 0 Å². The normalized spacial score (nSPS) is 18.5. The van der Waals surface area contributed by atoms with Gasteiger partial charge in [0.1, 0.15) is 5.82 Å². The molecule has 6 heteroatoms. The maximum absolute atomic E-state index is 13.1. The van der Waals surface area contributed by atoms with E-state index in [-0.39, 0.29) is 30.2 Å². The molecule has 0 bridgehead atoms. The highest BCUT2D eigenvalue weighted by Crippen LogP contribution is 2.17. The number of benzene rings is 1. The zero-order valence-corrected chi connectivity index (χ0v) is 12.8. The maximum atomic E-state index is 13.1. The molecule has 0 aromatic heterocycles. The lowest BCUT2D eigenvalue weighted by molar-refractivity contribution is -0.123. The molecule has 106 valence electrons. The Balaban J connectivity index is 0.00000180. The molecule has 0 radical (unpaired) electrons. The van der Waals surface area contributed by atoms with E-state index in [1.165, 1.54) is 12.1 Å². The van der Waals surface area contributed by atoms with Crippen LogP contribution in [0.25, 0.3) is 0 Å². The molecular weight excluding hydrogens is 335 g/mol. The summed E-state index contributed by atoms with van der Waals surface area (Å²) in [4.78, 5) is 11.9. The van der Waals surface area contributed by atoms with Crippen molar-refractivity contribution in [2.75, 3.05) is 6.54 Å². The van der Waals surface area contributed by atoms with Crippen molar-refractivity contribution in [1.29, 1.82) is 0 Å². The van der Waals surface area contributed by atoms with Crippen molar-refractivity contribution in [1.82, 2.24) is 10.6 Å². The first-order valence-corrected chi connectivity index (χ1v) is 6.91. The van der Waals surface area contributed by atoms with E-state index in [0.717, 1.165) is 35.8 Å². The lowest BCUT2D eigenvalue weighted by atomic mass is 10.0. The van der Waals surface area contributed by atoms with E-state index in [0.29, 0.717) is 6.54 Å². The first-order chi connectivity index (χ1) is 8.66. The molecule has 1 aliphatic rings. The summed E-state index contributed by atoms with van der Waals surface area (Å²) >= 11 is 3.34. The van der Waals surface area contributed by atoms with E-state index >= 15 is 0 Å². The average Bonchev–Trinajstić information content (AvgIpc) is 2.40. The summed E-state index contributed by atoms with van der Waals surface area (Å²) in [5.74, 6) is -0.302. The summed E-state index contributed by atoms with van der Waals surface area (Å²) < 4.78 is 13.9. The molecule has 1 aromatic carbocycles. The maximum Gasteiger partial charge on any atom is 0.237 e. The van der Waals surface area contributed by atoms with Crippen LogP contribution >= 0.6 is 28.3 Å². The third-order valence-corrected chi connectivity index (χ3v) is 3.86. The van der Waals surface area contributed by atoms with Crippen molar-refractivity contribution in [2.24, 2.45) is 0 Å². The molecular formula is C13H17BrClFN2O. The van der Waals surface area contributed by atoms with Crippen molar-refractivity contribution < 1.29 is 9.18 Å². The molecule has 0 aliphatic carbocycles. The fourth-order valence-corrected chi connectivity index (χ4v) is 2.45. The van der Waals surface area contributed by atoms with Crippen molar-refractivity contribution in [2.45, 2.75) is 31.8 Å². The molecule has 0 saturated carbocycles. The van der Waals surface area contributed by atoms with Crippen LogP contribution in [0.4, 0.5) is 4.39 Å². The predicted octanol–water partition coefficient (Wildman–Crippen LogP) is 2.77. The van der Waals surface area contributed by atoms with Gasteiger partial charge in [0, 0.05) is 11.0 Å². The van der Waals surface area contributed by atoms with E-state index in [4.69, 9.17) is 0 Å². The van der Waals surface area contributed by atoms with E-state index in [1.807, 2.05) is 0 Å². The molecule has 1 aromatic rings. The topological polar surface area (TPSA) is 41.1 Å². The van der Waals surface area contributed by atoms with Crippen molar-refractivity contribution >= 4 is 34.2 Å². The zero-order valence-electron chi connectivity index (χ0n) is 10.4. The van der Waals surface area contributed by atoms with E-state index in [9.17, 15) is 9.18 Å². The summed E-state index contributed by atoms with van der Waals surface area (Å²) in [6.45, 7) is 1.23. The van der Waals surface area contributed by atoms with Crippen molar-refractivity contribution in [3.05, 3.63) is 34.1 Å². The molecule has 1 atom stereocenters. The fraction of sp³-hybridized carbons (Fsp3) is 0.462. The number of hydrogen-bond acceptors (Lipinski definition) is 2. The monoisotopic (exact) mass is 350 g/mol. The molecule has 19 heavy (non-hydrogen) atoms. The summed E-state index contributed by atoms with van der Waals surface area (Å²) in [6, 6.07) is 4.36. The van der Waals surface area contributed by atoms with Gasteiger partial charge < -0.3 is 10.6 Å². The number of piperidine rings is 1. The molecule has 1 amide bonds. The molecule has 1 saturated heterocycles. The Kier molecular flexibility index (Phi) is 6.75. The number of carbonyl (C=O) groups excluding carboxylic acids is 1. The van der Waals surface area contributed by atoms with Crippen LogP contribution in [0.15, 0.2) is 22.7 Å². The van der Waals surface area contributed by atoms with Crippen molar-refractivity contribution in [3.8, 4) is 0 Å². The Bertz CT molecular complexity index is 439. The van der Waals surface area contributed by atoms with Crippen LogP contribution in [0.1, 0.15) is 24.8 Å². The minimum atomic E-state index is -0.293. The largest absolute Gasteiger partial charge is 0.351 e. The van der Waals surface area contributed by atoms with E-state index in [2.05, 4.69) is 26.6 Å². The fourth-order valence-electron chi connectivity index (χ4n) is 2.06. The quantitative estimate of drug-likeness (QED) is 0.879. The Hall–Kier alpha value is -0.650. The number of nitrogens with one attached hydrogen (secondary N) is 2. The van der Waals surface area contributed by atoms with Crippen LogP contribution in [-0.2, 0) is 11.3 Å². The van der Waals surface area contributed by atoms with Gasteiger partial charge in [-0.1, -0.05) is 22.4 Å². The van der Waals surface area contributed by atoms with Crippen LogP contribution in [0.2, 0.25) is 0 Å². The molecule has 3 nitrogen and oxygen atoms in total. The second-order valence-electron chi connectivity index (χ2n) is 4.46. The predicted molar refractivity (Wildman–Crippen MR) is 78.8 cm³/mol. The van der Waals surface area contributed by atoms with Gasteiger partial charge >= 0.3 is 0 Å². The molecule has 0 spiro atoms. The SMILES string of the molecule is Cl.O=C(NCc1cc(F)ccc1Br)[C@H]1CCCCN1. The van der Waals surface area contributed by atoms with Crippen molar-refractivity contribution in [3.63, 3.8) is 0 Å². The summed E-state index contributed by atoms with van der Waals surface area (Å²) in [7, 11) is 0. The second kappa shape index (κ2) is 7.82. The minimum Gasteiger partial charge on any atom is -0.351 e. The Labute approximate surface area is 126 Å². The zero-order chi connectivity index (χ0) is 13.0. The minimum absolute atomic E-state index is 0. The van der Waals surface area contributed by atoms with Gasteiger partial charge in [0.2, 0.25) is 5.91 Å². The molecule has 2 N–H and O–H groups in total. The molecule has 1 heterocycles. The van der Waals surface area contributed by atoms with Gasteiger partial charge in [-0.3, -0.25) is 4.79 Å². The highest BCUT2D eigenvalue weighted by molar-refractivity contribution is 9.10. The van der Waals surface area contributed by atoms with Crippen LogP contribution < -0.4 is 10.6 Å². The average molecular weight is 352 g/mol. The van der Waals surface area contributed by atoms with Crippen LogP contribution in [0, 0.1) is 5.82 Å². The number of carbonyl (C=O) groups is 1. The number of halogens is 3. The van der Waals surface area contributed by atoms with Gasteiger partial charge in [-0.15, -0.1) is 12.4 Å². The Morgan fingerprint density at radius 2 is 2.26 bits per heavy atom. The lowest BCUT2D eigenvalue weighted by Crippen LogP contribution is -2.46. The van der Waals surface area contributed by atoms with Crippen LogP contribution in [-0.4, -0.2) is 18.5 Å². The second-order valence-corrected chi connectivity index (χ2v) is 5.31. The Morgan fingerprint density at radius 3 is 2.95 bits per heavy atom. The third kappa shape index (κ3) is 4.75. The summed E-state index contributed by atoms with van der Waals surface area (Å²) in [5.41, 5.74) is 0.749. The van der Waals surface area contributed by atoms with Gasteiger partial charge in [0.05, 0.1) is 6.04 Å². The van der Waals surface area contributed by atoms with E-state index < -0.39 is 0 Å². The first-order valence-electron chi connectivity index (χ1n) is 6.12. The van der Waals surface area contributed by atoms with Gasteiger partial charge in [-0.25, -0.2) is 4.39 Å². The third-order valence-electron chi connectivity index (χ3n) is 3.09. The number of amides is 1. The summed E-state index contributed by atoms with van der Waals surface area (Å²) in [6.07, 6.45) is 3.07. The van der Waals surface area contributed by atoms with Gasteiger partial charge in [-0.05, 0) is 43.1 Å². The smallest absolute Gasteiger partial charge is 0.237 e. The standard InChI is InChI=1S/C13H16BrFN2O.ClH/c14-11-5-4-10(15)7-9(11)8-17-13(18)12-3-1-2-6-16-12;/h4-5,7,12,16H,1-3,6,8H2,(H,17,18);1H/t12-;/m1./s1. The van der Waals surface area contributed by atoms with E-state index in [1.54, 1.807) is 6.07 Å². The highest BCUT2D eigenvalue weighted by Gasteiger charge is 2.20. The van der Waals surface area contributed by atoms with Gasteiger partial charge in [0.25, 0.3) is 0 Å².